The molecule has 3 aromatic rings. The Hall–Kier alpha value is -1.47. The highest BCUT2D eigenvalue weighted by Gasteiger charge is 2.16. The summed E-state index contributed by atoms with van der Waals surface area (Å²) in [7, 11) is 0. The van der Waals surface area contributed by atoms with E-state index in [2.05, 4.69) is 9.97 Å². The first-order valence-electron chi connectivity index (χ1n) is 6.97. The molecule has 6 nitrogen and oxygen atoms in total. The Kier molecular flexibility index (Phi) is 7.56. The second-order valence-electron chi connectivity index (χ2n) is 5.11. The van der Waals surface area contributed by atoms with E-state index in [-0.39, 0.29) is 36.3 Å². The summed E-state index contributed by atoms with van der Waals surface area (Å²) in [5.74, 6) is 0.755. The smallest absolute Gasteiger partial charge is 0.335 e. The molecule has 0 saturated heterocycles. The molecular formula is C15H16Cl4N4O2. The van der Waals surface area contributed by atoms with Crippen LogP contribution in [0.25, 0.3) is 11.0 Å². The van der Waals surface area contributed by atoms with E-state index in [4.69, 9.17) is 23.2 Å². The number of carboxylic acid groups (broad SMARTS) is 1. The quantitative estimate of drug-likeness (QED) is 0.622. The van der Waals surface area contributed by atoms with Gasteiger partial charge in [-0.2, -0.15) is 0 Å². The average molecular weight is 426 g/mol. The van der Waals surface area contributed by atoms with E-state index in [0.717, 1.165) is 5.82 Å². The van der Waals surface area contributed by atoms with Gasteiger partial charge in [-0.15, -0.1) is 36.4 Å². The van der Waals surface area contributed by atoms with Gasteiger partial charge in [-0.1, -0.05) is 11.6 Å². The van der Waals surface area contributed by atoms with Crippen molar-refractivity contribution < 1.29 is 9.90 Å². The molecule has 0 fully saturated rings. The fourth-order valence-electron chi connectivity index (χ4n) is 2.55. The zero-order chi connectivity index (χ0) is 16.6. The number of alkyl halides is 1. The number of nitrogens with zero attached hydrogens (tertiary/aromatic N) is 4. The lowest BCUT2D eigenvalue weighted by Crippen LogP contribution is -2.10. The summed E-state index contributed by atoms with van der Waals surface area (Å²) in [6.45, 7) is 3.19. The number of hydrogen-bond donors (Lipinski definition) is 1. The van der Waals surface area contributed by atoms with Crippen LogP contribution in [0.4, 0.5) is 0 Å². The average Bonchev–Trinajstić information content (AvgIpc) is 3.08. The number of rotatable bonds is 5. The van der Waals surface area contributed by atoms with Crippen molar-refractivity contribution >= 4 is 65.0 Å². The Morgan fingerprint density at radius 3 is 2.56 bits per heavy atom. The molecule has 10 heteroatoms. The molecule has 3 rings (SSSR count). The van der Waals surface area contributed by atoms with Crippen LogP contribution < -0.4 is 0 Å². The van der Waals surface area contributed by atoms with Gasteiger partial charge in [0.05, 0.1) is 22.0 Å². The lowest BCUT2D eigenvalue weighted by Gasteiger charge is -2.10. The van der Waals surface area contributed by atoms with Gasteiger partial charge in [0.2, 0.25) is 0 Å². The summed E-state index contributed by atoms with van der Waals surface area (Å²) >= 11 is 12.2. The van der Waals surface area contributed by atoms with Crippen molar-refractivity contribution in [3.8, 4) is 0 Å². The lowest BCUT2D eigenvalue weighted by atomic mass is 10.2. The summed E-state index contributed by atoms with van der Waals surface area (Å²) < 4.78 is 3.91. The van der Waals surface area contributed by atoms with Crippen LogP contribution in [0.2, 0.25) is 5.02 Å². The van der Waals surface area contributed by atoms with Gasteiger partial charge in [-0.05, 0) is 19.1 Å². The van der Waals surface area contributed by atoms with Crippen molar-refractivity contribution in [1.82, 2.24) is 19.1 Å². The van der Waals surface area contributed by atoms with Crippen LogP contribution >= 0.6 is 48.0 Å². The van der Waals surface area contributed by atoms with Crippen molar-refractivity contribution in [1.29, 1.82) is 0 Å². The largest absolute Gasteiger partial charge is 0.478 e. The number of fused-ring (bicyclic) bond motifs is 1. The van der Waals surface area contributed by atoms with Crippen LogP contribution in [-0.4, -0.2) is 30.2 Å². The molecule has 0 aliphatic heterocycles. The number of carboxylic acids is 1. The predicted octanol–water partition coefficient (Wildman–Crippen LogP) is 4.18. The van der Waals surface area contributed by atoms with Crippen LogP contribution in [0.15, 0.2) is 24.5 Å². The molecule has 2 aromatic heterocycles. The van der Waals surface area contributed by atoms with Crippen LogP contribution in [0.1, 0.15) is 22.0 Å². The molecule has 2 heterocycles. The van der Waals surface area contributed by atoms with Crippen LogP contribution in [0.5, 0.6) is 0 Å². The molecule has 0 atom stereocenters. The SMILES string of the molecule is Cc1nccn1CCn1c(CCl)nc2c(Cl)cc(C(=O)O)cc21.Cl.Cl. The highest BCUT2D eigenvalue weighted by molar-refractivity contribution is 6.35. The van der Waals surface area contributed by atoms with Gasteiger partial charge in [0, 0.05) is 25.5 Å². The Morgan fingerprint density at radius 2 is 2.00 bits per heavy atom. The van der Waals surface area contributed by atoms with Crippen LogP contribution in [0.3, 0.4) is 0 Å². The van der Waals surface area contributed by atoms with E-state index in [1.54, 1.807) is 12.3 Å². The van der Waals surface area contributed by atoms with E-state index in [0.29, 0.717) is 35.0 Å². The summed E-state index contributed by atoms with van der Waals surface area (Å²) in [5.41, 5.74) is 1.36. The van der Waals surface area contributed by atoms with Crippen molar-refractivity contribution in [2.24, 2.45) is 0 Å². The van der Waals surface area contributed by atoms with Gasteiger partial charge in [0.25, 0.3) is 0 Å². The third kappa shape index (κ3) is 4.20. The standard InChI is InChI=1S/C15H14Cl2N4O2.2ClH/c1-9-18-2-3-20(9)4-5-21-12-7-10(15(22)23)6-11(17)14(12)19-13(21)8-16;;/h2-3,6-7H,4-5,8H2,1H3,(H,22,23);2*1H. The first-order valence-corrected chi connectivity index (χ1v) is 7.88. The van der Waals surface area contributed by atoms with Gasteiger partial charge in [0.1, 0.15) is 17.2 Å². The van der Waals surface area contributed by atoms with Gasteiger partial charge >= 0.3 is 5.97 Å². The molecule has 0 radical (unpaired) electrons. The third-order valence-electron chi connectivity index (χ3n) is 3.74. The van der Waals surface area contributed by atoms with Gasteiger partial charge in [-0.25, -0.2) is 14.8 Å². The van der Waals surface area contributed by atoms with Crippen molar-refractivity contribution in [2.45, 2.75) is 25.9 Å². The molecule has 1 N–H and O–H groups in total. The first-order chi connectivity index (χ1) is 11.0. The maximum atomic E-state index is 11.2. The summed E-state index contributed by atoms with van der Waals surface area (Å²) in [4.78, 5) is 19.9. The minimum Gasteiger partial charge on any atom is -0.478 e. The van der Waals surface area contributed by atoms with Crippen LogP contribution in [-0.2, 0) is 19.0 Å². The molecule has 0 spiro atoms. The maximum absolute atomic E-state index is 11.2. The maximum Gasteiger partial charge on any atom is 0.335 e. The molecule has 0 saturated carbocycles. The Balaban J connectivity index is 0.00000156. The number of hydrogen-bond acceptors (Lipinski definition) is 3. The zero-order valence-electron chi connectivity index (χ0n) is 13.1. The molecular weight excluding hydrogens is 410 g/mol. The molecule has 1 aromatic carbocycles. The molecule has 0 unspecified atom stereocenters. The summed E-state index contributed by atoms with van der Waals surface area (Å²) in [6.07, 6.45) is 3.63. The number of benzene rings is 1. The van der Waals surface area contributed by atoms with Crippen molar-refractivity contribution in [3.05, 3.63) is 46.8 Å². The molecule has 136 valence electrons. The second-order valence-corrected chi connectivity index (χ2v) is 5.79. The number of imidazole rings is 2. The number of aromatic carboxylic acids is 1. The van der Waals surface area contributed by atoms with Gasteiger partial charge in [-0.3, -0.25) is 0 Å². The molecule has 0 amide bonds. The van der Waals surface area contributed by atoms with E-state index in [1.165, 1.54) is 6.07 Å². The van der Waals surface area contributed by atoms with Crippen molar-refractivity contribution in [3.63, 3.8) is 0 Å². The van der Waals surface area contributed by atoms with E-state index in [1.807, 2.05) is 22.3 Å². The van der Waals surface area contributed by atoms with E-state index < -0.39 is 5.97 Å². The summed E-state index contributed by atoms with van der Waals surface area (Å²) in [6, 6.07) is 2.98. The van der Waals surface area contributed by atoms with Crippen LogP contribution in [0, 0.1) is 6.92 Å². The fourth-order valence-corrected chi connectivity index (χ4v) is 3.01. The predicted molar refractivity (Wildman–Crippen MR) is 103 cm³/mol. The van der Waals surface area contributed by atoms with E-state index in [9.17, 15) is 9.90 Å². The highest BCUT2D eigenvalue weighted by Crippen LogP contribution is 2.27. The van der Waals surface area contributed by atoms with Crippen molar-refractivity contribution in [2.75, 3.05) is 0 Å². The third-order valence-corrected chi connectivity index (χ3v) is 4.27. The monoisotopic (exact) mass is 424 g/mol. The normalized spacial score (nSPS) is 10.4. The van der Waals surface area contributed by atoms with Gasteiger partial charge < -0.3 is 14.2 Å². The first kappa shape index (κ1) is 21.6. The van der Waals surface area contributed by atoms with E-state index >= 15 is 0 Å². The number of aryl methyl sites for hydroxylation is 3. The lowest BCUT2D eigenvalue weighted by molar-refractivity contribution is 0.0697. The Labute approximate surface area is 166 Å². The second kappa shape index (κ2) is 8.76. The molecule has 25 heavy (non-hydrogen) atoms. The Morgan fingerprint density at radius 1 is 1.28 bits per heavy atom. The zero-order valence-corrected chi connectivity index (χ0v) is 16.3. The fraction of sp³-hybridized carbons (Fsp3) is 0.267. The minimum absolute atomic E-state index is 0. The molecule has 0 aliphatic carbocycles. The minimum atomic E-state index is -1.03. The molecule has 0 bridgehead atoms. The number of aromatic nitrogens is 4. The molecule has 0 aliphatic rings. The highest BCUT2D eigenvalue weighted by atomic mass is 35.5. The Bertz CT molecular complexity index is 891. The number of halogens is 4. The van der Waals surface area contributed by atoms with Gasteiger partial charge in [0.15, 0.2) is 0 Å². The summed E-state index contributed by atoms with van der Waals surface area (Å²) in [5, 5.41) is 9.52. The number of carbonyl (C=O) groups is 1. The topological polar surface area (TPSA) is 72.9 Å².